The minimum atomic E-state index is -1.13. The fourth-order valence-electron chi connectivity index (χ4n) is 4.48. The molecule has 3 heterocycles. The molecule has 160 valence electrons. The number of aryl methyl sites for hydroxylation is 1. The predicted octanol–water partition coefficient (Wildman–Crippen LogP) is 2.25. The number of urea groups is 1. The number of anilines is 1. The summed E-state index contributed by atoms with van der Waals surface area (Å²) >= 11 is 0. The lowest BCUT2D eigenvalue weighted by Gasteiger charge is -2.30. The number of rotatable bonds is 4. The highest BCUT2D eigenvalue weighted by Gasteiger charge is 2.48. The molecule has 3 aliphatic heterocycles. The summed E-state index contributed by atoms with van der Waals surface area (Å²) in [5, 5.41) is 2.77. The summed E-state index contributed by atoms with van der Waals surface area (Å²) < 4.78 is 10.7. The summed E-state index contributed by atoms with van der Waals surface area (Å²) in [4.78, 5) is 41.5. The van der Waals surface area contributed by atoms with Crippen LogP contribution in [0.1, 0.15) is 24.5 Å². The zero-order valence-electron chi connectivity index (χ0n) is 17.2. The second-order valence-corrected chi connectivity index (χ2v) is 8.30. The molecule has 0 saturated carbocycles. The van der Waals surface area contributed by atoms with Gasteiger partial charge in [0.2, 0.25) is 12.7 Å². The van der Waals surface area contributed by atoms with Gasteiger partial charge in [0, 0.05) is 18.7 Å². The third-order valence-corrected chi connectivity index (χ3v) is 6.04. The van der Waals surface area contributed by atoms with E-state index in [2.05, 4.69) is 5.32 Å². The van der Waals surface area contributed by atoms with Crippen molar-refractivity contribution < 1.29 is 23.9 Å². The van der Waals surface area contributed by atoms with Gasteiger partial charge in [-0.3, -0.25) is 14.5 Å². The molecule has 3 aliphatic rings. The van der Waals surface area contributed by atoms with Crippen molar-refractivity contribution in [2.75, 3.05) is 24.8 Å². The standard InChI is InChI=1S/C23H23N3O5/c1-23(12-15-8-9-18-19(11-15)31-14-30-18)21(28)26(22(29)24-23)13-20(27)25-10-4-6-16-5-2-3-7-17(16)25/h2-3,5,7-9,11H,4,6,10,12-14H2,1H3,(H,24,29). The summed E-state index contributed by atoms with van der Waals surface area (Å²) in [6.45, 7) is 2.14. The molecule has 1 N–H and O–H groups in total. The average Bonchev–Trinajstić information content (AvgIpc) is 3.31. The van der Waals surface area contributed by atoms with Gasteiger partial charge in [-0.1, -0.05) is 24.3 Å². The third-order valence-electron chi connectivity index (χ3n) is 6.04. The van der Waals surface area contributed by atoms with E-state index in [4.69, 9.17) is 9.47 Å². The molecule has 2 aromatic rings. The van der Waals surface area contributed by atoms with Crippen LogP contribution in [0.3, 0.4) is 0 Å². The van der Waals surface area contributed by atoms with Crippen LogP contribution in [0.5, 0.6) is 11.5 Å². The molecular weight excluding hydrogens is 398 g/mol. The van der Waals surface area contributed by atoms with Gasteiger partial charge >= 0.3 is 6.03 Å². The number of ether oxygens (including phenoxy) is 2. The number of nitrogens with zero attached hydrogens (tertiary/aromatic N) is 2. The number of imide groups is 1. The largest absolute Gasteiger partial charge is 0.454 e. The Kier molecular flexibility index (Phi) is 4.57. The maximum absolute atomic E-state index is 13.2. The molecule has 31 heavy (non-hydrogen) atoms. The highest BCUT2D eigenvalue weighted by molar-refractivity contribution is 6.10. The second kappa shape index (κ2) is 7.30. The molecule has 5 rings (SSSR count). The van der Waals surface area contributed by atoms with Crippen molar-refractivity contribution in [3.8, 4) is 11.5 Å². The van der Waals surface area contributed by atoms with Crippen LogP contribution in [0.2, 0.25) is 0 Å². The lowest BCUT2D eigenvalue weighted by Crippen LogP contribution is -2.47. The number of hydrogen-bond acceptors (Lipinski definition) is 5. The first-order chi connectivity index (χ1) is 14.9. The number of benzene rings is 2. The molecule has 8 heteroatoms. The van der Waals surface area contributed by atoms with E-state index in [1.807, 2.05) is 36.4 Å². The molecule has 1 saturated heterocycles. The zero-order chi connectivity index (χ0) is 21.6. The molecule has 0 bridgehead atoms. The summed E-state index contributed by atoms with van der Waals surface area (Å²) in [5.41, 5.74) is 1.66. The highest BCUT2D eigenvalue weighted by atomic mass is 16.7. The number of carbonyl (C=O) groups excluding carboxylic acids is 3. The van der Waals surface area contributed by atoms with Crippen LogP contribution in [0.25, 0.3) is 0 Å². The molecule has 0 aliphatic carbocycles. The van der Waals surface area contributed by atoms with Crippen molar-refractivity contribution in [1.29, 1.82) is 0 Å². The van der Waals surface area contributed by atoms with Crippen LogP contribution in [0, 0.1) is 0 Å². The van der Waals surface area contributed by atoms with Crippen LogP contribution in [0.4, 0.5) is 10.5 Å². The van der Waals surface area contributed by atoms with Crippen LogP contribution in [-0.2, 0) is 22.4 Å². The van der Waals surface area contributed by atoms with Crippen molar-refractivity contribution >= 4 is 23.5 Å². The predicted molar refractivity (Wildman–Crippen MR) is 112 cm³/mol. The topological polar surface area (TPSA) is 88.2 Å². The number of nitrogens with one attached hydrogen (secondary N) is 1. The van der Waals surface area contributed by atoms with Gasteiger partial charge in [0.15, 0.2) is 11.5 Å². The number of hydrogen-bond donors (Lipinski definition) is 1. The van der Waals surface area contributed by atoms with Gasteiger partial charge in [0.1, 0.15) is 12.1 Å². The fraction of sp³-hybridized carbons (Fsp3) is 0.348. The van der Waals surface area contributed by atoms with Gasteiger partial charge in [-0.05, 0) is 49.1 Å². The van der Waals surface area contributed by atoms with Crippen LogP contribution >= 0.6 is 0 Å². The van der Waals surface area contributed by atoms with E-state index in [-0.39, 0.29) is 25.7 Å². The van der Waals surface area contributed by atoms with Crippen LogP contribution in [0.15, 0.2) is 42.5 Å². The fourth-order valence-corrected chi connectivity index (χ4v) is 4.48. The van der Waals surface area contributed by atoms with Crippen molar-refractivity contribution in [2.45, 2.75) is 31.7 Å². The van der Waals surface area contributed by atoms with E-state index in [9.17, 15) is 14.4 Å². The number of fused-ring (bicyclic) bond motifs is 2. The van der Waals surface area contributed by atoms with Crippen molar-refractivity contribution in [3.63, 3.8) is 0 Å². The van der Waals surface area contributed by atoms with Crippen LogP contribution in [-0.4, -0.2) is 48.2 Å². The molecule has 0 spiro atoms. The molecule has 2 aromatic carbocycles. The second-order valence-electron chi connectivity index (χ2n) is 8.30. The Bertz CT molecular complexity index is 1080. The van der Waals surface area contributed by atoms with E-state index in [0.717, 1.165) is 34.6 Å². The summed E-state index contributed by atoms with van der Waals surface area (Å²) in [7, 11) is 0. The quantitative estimate of drug-likeness (QED) is 0.765. The smallest absolute Gasteiger partial charge is 0.325 e. The van der Waals surface area contributed by atoms with Gasteiger partial charge in [-0.2, -0.15) is 0 Å². The lowest BCUT2D eigenvalue weighted by atomic mass is 9.92. The minimum Gasteiger partial charge on any atom is -0.454 e. The minimum absolute atomic E-state index is 0.168. The van der Waals surface area contributed by atoms with E-state index in [0.29, 0.717) is 18.0 Å². The summed E-state index contributed by atoms with van der Waals surface area (Å²) in [5.74, 6) is 0.607. The molecule has 4 amide bonds. The Labute approximate surface area is 179 Å². The summed E-state index contributed by atoms with van der Waals surface area (Å²) in [6, 6.07) is 12.6. The Morgan fingerprint density at radius 3 is 2.81 bits per heavy atom. The van der Waals surface area contributed by atoms with E-state index in [1.165, 1.54) is 0 Å². The zero-order valence-corrected chi connectivity index (χ0v) is 17.2. The lowest BCUT2D eigenvalue weighted by molar-refractivity contribution is -0.133. The summed E-state index contributed by atoms with van der Waals surface area (Å²) in [6.07, 6.45) is 2.05. The first-order valence-electron chi connectivity index (χ1n) is 10.4. The Balaban J connectivity index is 1.32. The molecule has 1 fully saturated rings. The number of carbonyl (C=O) groups is 3. The number of para-hydroxylation sites is 1. The molecule has 1 atom stereocenters. The third kappa shape index (κ3) is 3.37. The van der Waals surface area contributed by atoms with Crippen molar-refractivity contribution in [3.05, 3.63) is 53.6 Å². The average molecular weight is 421 g/mol. The maximum atomic E-state index is 13.2. The monoisotopic (exact) mass is 421 g/mol. The Morgan fingerprint density at radius 2 is 1.94 bits per heavy atom. The molecule has 0 radical (unpaired) electrons. The Hall–Kier alpha value is -3.55. The molecule has 1 unspecified atom stereocenters. The number of amides is 4. The van der Waals surface area contributed by atoms with Gasteiger partial charge < -0.3 is 19.7 Å². The van der Waals surface area contributed by atoms with Crippen molar-refractivity contribution in [1.82, 2.24) is 10.2 Å². The van der Waals surface area contributed by atoms with E-state index in [1.54, 1.807) is 17.9 Å². The van der Waals surface area contributed by atoms with Crippen molar-refractivity contribution in [2.24, 2.45) is 0 Å². The maximum Gasteiger partial charge on any atom is 0.325 e. The normalized spacial score (nSPS) is 21.8. The Morgan fingerprint density at radius 1 is 1.13 bits per heavy atom. The van der Waals surface area contributed by atoms with Gasteiger partial charge in [-0.15, -0.1) is 0 Å². The SMILES string of the molecule is CC1(Cc2ccc3c(c2)OCO3)NC(=O)N(CC(=O)N2CCCc3ccccc32)C1=O. The van der Waals surface area contributed by atoms with E-state index >= 15 is 0 Å². The van der Waals surface area contributed by atoms with Crippen LogP contribution < -0.4 is 19.7 Å². The van der Waals surface area contributed by atoms with Gasteiger partial charge in [0.05, 0.1) is 0 Å². The first kappa shape index (κ1) is 19.4. The molecule has 0 aromatic heterocycles. The molecule has 8 nitrogen and oxygen atoms in total. The highest BCUT2D eigenvalue weighted by Crippen LogP contribution is 2.34. The first-order valence-corrected chi connectivity index (χ1v) is 10.4. The van der Waals surface area contributed by atoms with Gasteiger partial charge in [-0.25, -0.2) is 4.79 Å². The van der Waals surface area contributed by atoms with Gasteiger partial charge in [0.25, 0.3) is 5.91 Å². The van der Waals surface area contributed by atoms with E-state index < -0.39 is 17.5 Å². The molecular formula is C23H23N3O5.